The molecule has 0 heterocycles. The van der Waals surface area contributed by atoms with Gasteiger partial charge >= 0.3 is 0 Å². The van der Waals surface area contributed by atoms with E-state index in [4.69, 9.17) is 0 Å². The van der Waals surface area contributed by atoms with E-state index in [1.807, 2.05) is 12.2 Å². The summed E-state index contributed by atoms with van der Waals surface area (Å²) < 4.78 is 0. The van der Waals surface area contributed by atoms with Crippen molar-refractivity contribution in [2.75, 3.05) is 0 Å². The van der Waals surface area contributed by atoms with E-state index in [2.05, 4.69) is 122 Å². The zero-order chi connectivity index (χ0) is 21.3. The molecule has 1 aliphatic rings. The van der Waals surface area contributed by atoms with Gasteiger partial charge in [0.25, 0.3) is 0 Å². The van der Waals surface area contributed by atoms with Crippen LogP contribution in [0.5, 0.6) is 0 Å². The molecule has 0 heteroatoms. The molecule has 0 aliphatic heterocycles. The van der Waals surface area contributed by atoms with Crippen LogP contribution in [-0.4, -0.2) is 0 Å². The minimum absolute atomic E-state index is 0.418. The summed E-state index contributed by atoms with van der Waals surface area (Å²) in [5.74, 6) is 0. The summed E-state index contributed by atoms with van der Waals surface area (Å²) in [4.78, 5) is 0. The molecular formula is C31H24. The Morgan fingerprint density at radius 3 is 1.97 bits per heavy atom. The van der Waals surface area contributed by atoms with Crippen LogP contribution in [-0.2, 0) is 5.41 Å². The molecule has 0 saturated heterocycles. The Morgan fingerprint density at radius 1 is 0.613 bits per heavy atom. The smallest absolute Gasteiger partial charge is 0.0713 e. The molecule has 4 aromatic carbocycles. The van der Waals surface area contributed by atoms with Gasteiger partial charge in [0.2, 0.25) is 0 Å². The van der Waals surface area contributed by atoms with Crippen molar-refractivity contribution in [1.29, 1.82) is 0 Å². The molecule has 31 heavy (non-hydrogen) atoms. The molecule has 1 aliphatic carbocycles. The Balaban J connectivity index is 1.89. The third-order valence-corrected chi connectivity index (χ3v) is 6.31. The first-order valence-corrected chi connectivity index (χ1v) is 10.6. The molecule has 148 valence electrons. The first kappa shape index (κ1) is 19.1. The van der Waals surface area contributed by atoms with Gasteiger partial charge in [0.15, 0.2) is 0 Å². The number of hydrogen-bond acceptors (Lipinski definition) is 0. The minimum Gasteiger partial charge on any atom is -0.0991 e. The van der Waals surface area contributed by atoms with Crippen molar-refractivity contribution in [1.82, 2.24) is 0 Å². The van der Waals surface area contributed by atoms with E-state index in [-0.39, 0.29) is 0 Å². The van der Waals surface area contributed by atoms with Gasteiger partial charge in [-0.1, -0.05) is 128 Å². The maximum Gasteiger partial charge on any atom is 0.0713 e. The lowest BCUT2D eigenvalue weighted by atomic mass is 9.67. The number of allylic oxidation sites excluding steroid dienone is 4. The van der Waals surface area contributed by atoms with Gasteiger partial charge in [0, 0.05) is 0 Å². The molecule has 0 fully saturated rings. The van der Waals surface area contributed by atoms with Crippen LogP contribution in [0, 0.1) is 0 Å². The maximum atomic E-state index is 4.19. The maximum absolute atomic E-state index is 4.19. The highest BCUT2D eigenvalue weighted by Crippen LogP contribution is 2.57. The van der Waals surface area contributed by atoms with E-state index in [1.165, 1.54) is 38.9 Å². The van der Waals surface area contributed by atoms with Gasteiger partial charge in [-0.25, -0.2) is 0 Å². The highest BCUT2D eigenvalue weighted by Gasteiger charge is 2.46. The quantitative estimate of drug-likeness (QED) is 0.300. The van der Waals surface area contributed by atoms with Crippen LogP contribution in [0.3, 0.4) is 0 Å². The predicted molar refractivity (Wildman–Crippen MR) is 132 cm³/mol. The van der Waals surface area contributed by atoms with Crippen molar-refractivity contribution in [2.24, 2.45) is 0 Å². The van der Waals surface area contributed by atoms with Crippen molar-refractivity contribution in [3.8, 4) is 22.3 Å². The van der Waals surface area contributed by atoms with E-state index in [9.17, 15) is 0 Å². The van der Waals surface area contributed by atoms with Crippen LogP contribution >= 0.6 is 0 Å². The summed E-state index contributed by atoms with van der Waals surface area (Å²) in [6.45, 7) is 8.18. The standard InChI is InChI=1S/C31H24/c1-3-13-25(4-2)31(26-16-9-6-10-17-26)29-19-12-11-18-27(29)28-22-24(20-21-30(28)31)23-14-7-5-8-15-23/h3-22H,1-2H2/b25-13+. The van der Waals surface area contributed by atoms with Crippen LogP contribution in [0.15, 0.2) is 140 Å². The average molecular weight is 397 g/mol. The summed E-state index contributed by atoms with van der Waals surface area (Å²) in [7, 11) is 0. The first-order valence-electron chi connectivity index (χ1n) is 10.6. The van der Waals surface area contributed by atoms with Crippen LogP contribution in [0.4, 0.5) is 0 Å². The summed E-state index contributed by atoms with van der Waals surface area (Å²) >= 11 is 0. The van der Waals surface area contributed by atoms with Crippen molar-refractivity contribution in [2.45, 2.75) is 5.41 Å². The van der Waals surface area contributed by atoms with Gasteiger partial charge in [0.05, 0.1) is 5.41 Å². The minimum atomic E-state index is -0.418. The topological polar surface area (TPSA) is 0 Å². The number of benzene rings is 4. The van der Waals surface area contributed by atoms with Crippen molar-refractivity contribution >= 4 is 0 Å². The van der Waals surface area contributed by atoms with E-state index in [0.29, 0.717) is 0 Å². The van der Waals surface area contributed by atoms with Crippen LogP contribution < -0.4 is 0 Å². The van der Waals surface area contributed by atoms with Gasteiger partial charge in [-0.3, -0.25) is 0 Å². The Hall–Kier alpha value is -3.90. The normalized spacial score (nSPS) is 17.0. The second-order valence-corrected chi connectivity index (χ2v) is 7.85. The number of rotatable bonds is 5. The SMILES string of the molecule is C=C/C=C(\C=C)C1(c2ccccc2)c2ccccc2-c2cc(-c3ccccc3)ccc21. The molecule has 1 atom stereocenters. The Morgan fingerprint density at radius 2 is 1.26 bits per heavy atom. The molecule has 0 aromatic heterocycles. The fraction of sp³-hybridized carbons (Fsp3) is 0.0323. The lowest BCUT2D eigenvalue weighted by Gasteiger charge is -2.34. The zero-order valence-corrected chi connectivity index (χ0v) is 17.5. The van der Waals surface area contributed by atoms with E-state index in [1.54, 1.807) is 0 Å². The molecule has 0 saturated carbocycles. The van der Waals surface area contributed by atoms with Crippen LogP contribution in [0.2, 0.25) is 0 Å². The van der Waals surface area contributed by atoms with E-state index >= 15 is 0 Å². The molecule has 1 unspecified atom stereocenters. The Bertz CT molecular complexity index is 1290. The second-order valence-electron chi connectivity index (χ2n) is 7.85. The largest absolute Gasteiger partial charge is 0.0991 e. The fourth-order valence-corrected chi connectivity index (χ4v) is 5.04. The van der Waals surface area contributed by atoms with Gasteiger partial charge in [-0.2, -0.15) is 0 Å². The van der Waals surface area contributed by atoms with Gasteiger partial charge < -0.3 is 0 Å². The van der Waals surface area contributed by atoms with Crippen LogP contribution in [0.25, 0.3) is 22.3 Å². The molecule has 0 bridgehead atoms. The third kappa shape index (κ3) is 2.84. The molecule has 0 spiro atoms. The average Bonchev–Trinajstić information content (AvgIpc) is 3.14. The van der Waals surface area contributed by atoms with Gasteiger partial charge in [-0.05, 0) is 50.6 Å². The lowest BCUT2D eigenvalue weighted by molar-refractivity contribution is 0.767. The highest BCUT2D eigenvalue weighted by atomic mass is 14.5. The second kappa shape index (κ2) is 7.74. The molecule has 5 rings (SSSR count). The molecule has 0 nitrogen and oxygen atoms in total. The van der Waals surface area contributed by atoms with Crippen molar-refractivity contribution in [3.63, 3.8) is 0 Å². The monoisotopic (exact) mass is 396 g/mol. The third-order valence-electron chi connectivity index (χ3n) is 6.31. The Labute approximate surface area is 184 Å². The van der Waals surface area contributed by atoms with E-state index in [0.717, 1.165) is 5.57 Å². The van der Waals surface area contributed by atoms with Crippen molar-refractivity contribution < 1.29 is 0 Å². The van der Waals surface area contributed by atoms with Crippen LogP contribution in [0.1, 0.15) is 16.7 Å². The first-order chi connectivity index (χ1) is 15.3. The predicted octanol–water partition coefficient (Wildman–Crippen LogP) is 7.97. The highest BCUT2D eigenvalue weighted by molar-refractivity contribution is 5.89. The summed E-state index contributed by atoms with van der Waals surface area (Å²) in [6.07, 6.45) is 5.93. The zero-order valence-electron chi connectivity index (χ0n) is 17.5. The van der Waals surface area contributed by atoms with Crippen molar-refractivity contribution in [3.05, 3.63) is 157 Å². The van der Waals surface area contributed by atoms with Gasteiger partial charge in [-0.15, -0.1) is 0 Å². The molecule has 0 radical (unpaired) electrons. The number of fused-ring (bicyclic) bond motifs is 3. The fourth-order valence-electron chi connectivity index (χ4n) is 5.04. The van der Waals surface area contributed by atoms with E-state index < -0.39 is 5.41 Å². The summed E-state index contributed by atoms with van der Waals surface area (Å²) in [6, 6.07) is 36.9. The molecular weight excluding hydrogens is 372 g/mol. The lowest BCUT2D eigenvalue weighted by Crippen LogP contribution is -2.28. The molecule has 0 N–H and O–H groups in total. The van der Waals surface area contributed by atoms with Gasteiger partial charge in [0.1, 0.15) is 0 Å². The summed E-state index contributed by atoms with van der Waals surface area (Å²) in [5, 5.41) is 0. The molecule has 4 aromatic rings. The number of hydrogen-bond donors (Lipinski definition) is 0. The summed E-state index contributed by atoms with van der Waals surface area (Å²) in [5.41, 5.74) is 9.53. The molecule has 0 amide bonds. The Kier molecular flexibility index (Phi) is 4.76.